The first-order chi connectivity index (χ1) is 17.9. The van der Waals surface area contributed by atoms with Crippen LogP contribution in [-0.2, 0) is 13.0 Å². The molecule has 0 saturated heterocycles. The lowest BCUT2D eigenvalue weighted by atomic mass is 10.1. The Morgan fingerprint density at radius 1 is 1.03 bits per heavy atom. The lowest BCUT2D eigenvalue weighted by Crippen LogP contribution is -2.24. The van der Waals surface area contributed by atoms with Gasteiger partial charge in [-0.1, -0.05) is 30.3 Å². The first kappa shape index (κ1) is 25.6. The zero-order valence-electron chi connectivity index (χ0n) is 20.1. The van der Waals surface area contributed by atoms with Gasteiger partial charge in [-0.05, 0) is 60.7 Å². The maximum absolute atomic E-state index is 13.9. The highest BCUT2D eigenvalue weighted by Gasteiger charge is 2.12. The number of H-pyrrole nitrogens is 1. The summed E-state index contributed by atoms with van der Waals surface area (Å²) >= 11 is 0. The number of carbonyl (C=O) groups is 1. The Balaban J connectivity index is 1.29. The molecule has 0 aliphatic carbocycles. The van der Waals surface area contributed by atoms with E-state index < -0.39 is 23.2 Å². The number of aromatic amines is 1. The average Bonchev–Trinajstić information content (AvgIpc) is 2.88. The van der Waals surface area contributed by atoms with Crippen LogP contribution in [0.2, 0.25) is 0 Å². The Bertz CT molecular complexity index is 1430. The van der Waals surface area contributed by atoms with Crippen LogP contribution in [0.5, 0.6) is 0 Å². The summed E-state index contributed by atoms with van der Waals surface area (Å²) in [6, 6.07) is 12.6. The molecule has 0 fully saturated rings. The second kappa shape index (κ2) is 12.0. The molecule has 2 amide bonds. The van der Waals surface area contributed by atoms with E-state index in [0.717, 1.165) is 24.9 Å². The number of rotatable bonds is 9. The highest BCUT2D eigenvalue weighted by atomic mass is 19.1. The second-order valence-corrected chi connectivity index (χ2v) is 8.47. The van der Waals surface area contributed by atoms with Crippen molar-refractivity contribution in [1.82, 2.24) is 20.3 Å². The summed E-state index contributed by atoms with van der Waals surface area (Å²) in [7, 11) is 0. The molecule has 10 heteroatoms. The van der Waals surface area contributed by atoms with E-state index in [2.05, 4.69) is 37.0 Å². The minimum Gasteiger partial charge on any atom is -0.331 e. The quantitative estimate of drug-likeness (QED) is 0.245. The number of hydrogen-bond donors (Lipinski definition) is 4. The molecule has 4 rings (SSSR count). The van der Waals surface area contributed by atoms with Gasteiger partial charge in [-0.25, -0.2) is 13.6 Å². The number of carbonyl (C=O) groups excluding carboxylic acids is 1. The van der Waals surface area contributed by atoms with Crippen LogP contribution < -0.4 is 21.5 Å². The molecule has 37 heavy (non-hydrogen) atoms. The topological polar surface area (TPSA) is 112 Å². The Morgan fingerprint density at radius 2 is 1.84 bits per heavy atom. The molecule has 2 heterocycles. The van der Waals surface area contributed by atoms with Gasteiger partial charge in [0.15, 0.2) is 0 Å². The Morgan fingerprint density at radius 3 is 2.57 bits per heavy atom. The summed E-state index contributed by atoms with van der Waals surface area (Å²) in [6.45, 7) is 3.02. The zero-order valence-corrected chi connectivity index (χ0v) is 20.1. The van der Waals surface area contributed by atoms with Gasteiger partial charge in [0.1, 0.15) is 11.6 Å². The van der Waals surface area contributed by atoms with Crippen LogP contribution in [0.25, 0.3) is 11.1 Å². The summed E-state index contributed by atoms with van der Waals surface area (Å²) < 4.78 is 27.3. The number of benzene rings is 2. The fourth-order valence-corrected chi connectivity index (χ4v) is 3.68. The van der Waals surface area contributed by atoms with Gasteiger partial charge >= 0.3 is 6.03 Å². The van der Waals surface area contributed by atoms with E-state index in [0.29, 0.717) is 23.7 Å². The van der Waals surface area contributed by atoms with E-state index in [9.17, 15) is 18.4 Å². The third-order valence-corrected chi connectivity index (χ3v) is 5.66. The van der Waals surface area contributed by atoms with Crippen molar-refractivity contribution in [2.45, 2.75) is 26.3 Å². The third-order valence-electron chi connectivity index (χ3n) is 5.66. The summed E-state index contributed by atoms with van der Waals surface area (Å²) in [4.78, 5) is 35.4. The lowest BCUT2D eigenvalue weighted by molar-refractivity contribution is 0.262. The van der Waals surface area contributed by atoms with E-state index in [1.54, 1.807) is 6.20 Å². The number of halogens is 2. The van der Waals surface area contributed by atoms with Crippen molar-refractivity contribution in [3.8, 4) is 11.1 Å². The summed E-state index contributed by atoms with van der Waals surface area (Å²) in [5, 5.41) is 8.01. The van der Waals surface area contributed by atoms with Crippen molar-refractivity contribution >= 4 is 17.7 Å². The number of aromatic nitrogens is 3. The van der Waals surface area contributed by atoms with Crippen LogP contribution in [0.1, 0.15) is 23.1 Å². The van der Waals surface area contributed by atoms with E-state index in [1.807, 2.05) is 36.5 Å². The molecular weight excluding hydrogens is 478 g/mol. The molecule has 2 aromatic heterocycles. The van der Waals surface area contributed by atoms with Crippen molar-refractivity contribution in [2.75, 3.05) is 17.2 Å². The standard InChI is InChI=1S/C27H26F2N6O2/c1-17-12-24(23(29)13-22(17)28)33-27(37)35-26-32-16-21(25(36)34-26)20-8-6-19(7-9-20)15-31-11-3-5-18-4-2-10-30-14-18/h2,4,6-10,12-14,16,31H,3,5,11,15H2,1H3,(H3,32,33,34,35,36,37). The fourth-order valence-electron chi connectivity index (χ4n) is 3.68. The molecule has 0 unspecified atom stereocenters. The molecule has 0 aliphatic heterocycles. The second-order valence-electron chi connectivity index (χ2n) is 8.47. The molecule has 2 aromatic carbocycles. The maximum Gasteiger partial charge on any atom is 0.326 e. The number of hydrogen-bond acceptors (Lipinski definition) is 5. The number of aryl methyl sites for hydroxylation is 2. The highest BCUT2D eigenvalue weighted by molar-refractivity contribution is 5.98. The Kier molecular flexibility index (Phi) is 8.32. The van der Waals surface area contributed by atoms with Crippen molar-refractivity contribution in [2.24, 2.45) is 0 Å². The molecule has 8 nitrogen and oxygen atoms in total. The maximum atomic E-state index is 13.9. The van der Waals surface area contributed by atoms with Crippen molar-refractivity contribution < 1.29 is 13.6 Å². The van der Waals surface area contributed by atoms with Gasteiger partial charge in [0.2, 0.25) is 5.95 Å². The minimum absolute atomic E-state index is 0.113. The molecule has 0 aliphatic rings. The molecular formula is C27H26F2N6O2. The SMILES string of the molecule is Cc1cc(NC(=O)Nc2nc(=O)c(-c3ccc(CNCCCc4cccnc4)cc3)c[nH]2)c(F)cc1F. The van der Waals surface area contributed by atoms with Gasteiger partial charge in [-0.15, -0.1) is 0 Å². The van der Waals surface area contributed by atoms with Crippen LogP contribution >= 0.6 is 0 Å². The summed E-state index contributed by atoms with van der Waals surface area (Å²) in [5.41, 5.74) is 2.74. The number of pyridine rings is 1. The molecule has 190 valence electrons. The lowest BCUT2D eigenvalue weighted by Gasteiger charge is -2.10. The third kappa shape index (κ3) is 7.05. The van der Waals surface area contributed by atoms with Gasteiger partial charge in [0.05, 0.1) is 11.3 Å². The highest BCUT2D eigenvalue weighted by Crippen LogP contribution is 2.19. The monoisotopic (exact) mass is 504 g/mol. The molecule has 0 atom stereocenters. The van der Waals surface area contributed by atoms with Crippen LogP contribution in [0, 0.1) is 18.6 Å². The van der Waals surface area contributed by atoms with Gasteiger partial charge in [0, 0.05) is 31.2 Å². The van der Waals surface area contributed by atoms with Crippen LogP contribution in [-0.4, -0.2) is 27.5 Å². The summed E-state index contributed by atoms with van der Waals surface area (Å²) in [5.74, 6) is -1.75. The predicted octanol–water partition coefficient (Wildman–Crippen LogP) is 4.78. The largest absolute Gasteiger partial charge is 0.331 e. The zero-order chi connectivity index (χ0) is 26.2. The first-order valence-electron chi connectivity index (χ1n) is 11.7. The van der Waals surface area contributed by atoms with Crippen LogP contribution in [0.15, 0.2) is 71.9 Å². The van der Waals surface area contributed by atoms with E-state index in [-0.39, 0.29) is 17.2 Å². The number of nitrogens with zero attached hydrogens (tertiary/aromatic N) is 2. The number of anilines is 2. The van der Waals surface area contributed by atoms with E-state index in [4.69, 9.17) is 0 Å². The normalized spacial score (nSPS) is 10.8. The average molecular weight is 505 g/mol. The smallest absolute Gasteiger partial charge is 0.326 e. The van der Waals surface area contributed by atoms with Gasteiger partial charge in [-0.3, -0.25) is 15.1 Å². The van der Waals surface area contributed by atoms with Gasteiger partial charge < -0.3 is 15.6 Å². The molecule has 0 spiro atoms. The molecule has 0 radical (unpaired) electrons. The number of urea groups is 1. The van der Waals surface area contributed by atoms with Crippen molar-refractivity contribution in [3.05, 3.63) is 106 Å². The van der Waals surface area contributed by atoms with Crippen LogP contribution in [0.4, 0.5) is 25.2 Å². The molecule has 4 aromatic rings. The Labute approximate surface area is 212 Å². The molecule has 0 bridgehead atoms. The summed E-state index contributed by atoms with van der Waals surface area (Å²) in [6.07, 6.45) is 7.05. The van der Waals surface area contributed by atoms with Crippen molar-refractivity contribution in [1.29, 1.82) is 0 Å². The fraction of sp³-hybridized carbons (Fsp3) is 0.185. The molecule has 0 saturated carbocycles. The molecule has 4 N–H and O–H groups in total. The van der Waals surface area contributed by atoms with E-state index in [1.165, 1.54) is 24.8 Å². The predicted molar refractivity (Wildman–Crippen MR) is 138 cm³/mol. The van der Waals surface area contributed by atoms with Crippen molar-refractivity contribution in [3.63, 3.8) is 0 Å². The van der Waals surface area contributed by atoms with E-state index >= 15 is 0 Å². The number of nitrogens with one attached hydrogen (secondary N) is 4. The minimum atomic E-state index is -0.918. The Hall–Kier alpha value is -4.44. The van der Waals surface area contributed by atoms with Crippen LogP contribution in [0.3, 0.4) is 0 Å². The van der Waals surface area contributed by atoms with Gasteiger partial charge in [-0.2, -0.15) is 4.98 Å². The first-order valence-corrected chi connectivity index (χ1v) is 11.7. The number of amides is 2. The van der Waals surface area contributed by atoms with Gasteiger partial charge in [0.25, 0.3) is 5.56 Å².